The van der Waals surface area contributed by atoms with Crippen molar-refractivity contribution in [3.05, 3.63) is 23.8 Å². The van der Waals surface area contributed by atoms with Gasteiger partial charge in [-0.1, -0.05) is 18.9 Å². The SMILES string of the molecule is Cc1ccc2c(c1)OC(COC1CCCC1)CN2. The van der Waals surface area contributed by atoms with Gasteiger partial charge >= 0.3 is 0 Å². The third kappa shape index (κ3) is 2.61. The molecule has 98 valence electrons. The summed E-state index contributed by atoms with van der Waals surface area (Å²) in [6, 6.07) is 6.27. The summed E-state index contributed by atoms with van der Waals surface area (Å²) in [7, 11) is 0. The van der Waals surface area contributed by atoms with Crippen molar-refractivity contribution in [1.82, 2.24) is 0 Å². The summed E-state index contributed by atoms with van der Waals surface area (Å²) >= 11 is 0. The Labute approximate surface area is 108 Å². The Morgan fingerprint density at radius 1 is 1.33 bits per heavy atom. The van der Waals surface area contributed by atoms with Gasteiger partial charge in [0.1, 0.15) is 11.9 Å². The average Bonchev–Trinajstić information content (AvgIpc) is 2.89. The summed E-state index contributed by atoms with van der Waals surface area (Å²) in [5.74, 6) is 0.960. The number of aryl methyl sites for hydroxylation is 1. The maximum Gasteiger partial charge on any atom is 0.143 e. The molecule has 1 aliphatic carbocycles. The second-order valence-electron chi connectivity index (χ2n) is 5.36. The molecule has 2 aliphatic rings. The molecular formula is C15H21NO2. The first-order valence-electron chi connectivity index (χ1n) is 6.94. The van der Waals surface area contributed by atoms with Gasteiger partial charge in [-0.3, -0.25) is 0 Å². The fourth-order valence-electron chi connectivity index (χ4n) is 2.71. The van der Waals surface area contributed by atoms with Crippen LogP contribution in [0.3, 0.4) is 0 Å². The van der Waals surface area contributed by atoms with E-state index in [1.165, 1.54) is 31.2 Å². The lowest BCUT2D eigenvalue weighted by Gasteiger charge is -2.28. The van der Waals surface area contributed by atoms with E-state index in [1.54, 1.807) is 0 Å². The summed E-state index contributed by atoms with van der Waals surface area (Å²) in [6.07, 6.45) is 5.67. The minimum absolute atomic E-state index is 0.139. The molecule has 3 heteroatoms. The molecule has 0 amide bonds. The lowest BCUT2D eigenvalue weighted by molar-refractivity contribution is 0.00586. The molecule has 0 radical (unpaired) electrons. The molecule has 0 spiro atoms. The average molecular weight is 247 g/mol. The minimum atomic E-state index is 0.139. The van der Waals surface area contributed by atoms with Crippen molar-refractivity contribution in [1.29, 1.82) is 0 Å². The topological polar surface area (TPSA) is 30.5 Å². The van der Waals surface area contributed by atoms with E-state index in [0.29, 0.717) is 12.7 Å². The first-order valence-corrected chi connectivity index (χ1v) is 6.94. The van der Waals surface area contributed by atoms with Gasteiger partial charge in [-0.15, -0.1) is 0 Å². The monoisotopic (exact) mass is 247 g/mol. The summed E-state index contributed by atoms with van der Waals surface area (Å²) in [4.78, 5) is 0. The predicted octanol–water partition coefficient (Wildman–Crippen LogP) is 3.13. The van der Waals surface area contributed by atoms with E-state index in [0.717, 1.165) is 18.0 Å². The highest BCUT2D eigenvalue weighted by Crippen LogP contribution is 2.30. The van der Waals surface area contributed by atoms with Gasteiger partial charge in [0.15, 0.2) is 0 Å². The lowest BCUT2D eigenvalue weighted by atomic mass is 10.1. The Bertz CT molecular complexity index is 413. The van der Waals surface area contributed by atoms with Crippen LogP contribution in [0.1, 0.15) is 31.2 Å². The van der Waals surface area contributed by atoms with Crippen molar-refractivity contribution in [3.8, 4) is 5.75 Å². The van der Waals surface area contributed by atoms with Crippen molar-refractivity contribution in [2.75, 3.05) is 18.5 Å². The van der Waals surface area contributed by atoms with Gasteiger partial charge < -0.3 is 14.8 Å². The number of benzene rings is 1. The molecule has 1 aromatic carbocycles. The van der Waals surface area contributed by atoms with Crippen molar-refractivity contribution in [2.45, 2.75) is 44.8 Å². The van der Waals surface area contributed by atoms with E-state index < -0.39 is 0 Å². The molecule has 0 bridgehead atoms. The zero-order chi connectivity index (χ0) is 12.4. The van der Waals surface area contributed by atoms with Crippen LogP contribution in [0, 0.1) is 6.92 Å². The minimum Gasteiger partial charge on any atom is -0.484 e. The van der Waals surface area contributed by atoms with Crippen LogP contribution in [0.5, 0.6) is 5.75 Å². The van der Waals surface area contributed by atoms with Gasteiger partial charge in [0.25, 0.3) is 0 Å². The molecule has 1 atom stereocenters. The van der Waals surface area contributed by atoms with Gasteiger partial charge in [-0.2, -0.15) is 0 Å². The number of nitrogens with one attached hydrogen (secondary N) is 1. The molecule has 0 aromatic heterocycles. The van der Waals surface area contributed by atoms with E-state index in [2.05, 4.69) is 30.4 Å². The molecule has 1 aromatic rings. The zero-order valence-electron chi connectivity index (χ0n) is 10.9. The molecule has 1 aliphatic heterocycles. The zero-order valence-corrected chi connectivity index (χ0v) is 10.9. The highest BCUT2D eigenvalue weighted by atomic mass is 16.5. The van der Waals surface area contributed by atoms with Crippen LogP contribution in [0.25, 0.3) is 0 Å². The van der Waals surface area contributed by atoms with Crippen molar-refractivity contribution in [3.63, 3.8) is 0 Å². The summed E-state index contributed by atoms with van der Waals surface area (Å²) < 4.78 is 11.9. The Morgan fingerprint density at radius 3 is 3.00 bits per heavy atom. The summed E-state index contributed by atoms with van der Waals surface area (Å²) in [5, 5.41) is 3.41. The third-order valence-corrected chi connectivity index (χ3v) is 3.77. The van der Waals surface area contributed by atoms with Crippen molar-refractivity contribution >= 4 is 5.69 Å². The Balaban J connectivity index is 1.56. The standard InChI is InChI=1S/C15H21NO2/c1-11-6-7-14-15(8-11)18-13(9-16-14)10-17-12-4-2-3-5-12/h6-8,12-13,16H,2-5,9-10H2,1H3. The number of rotatable bonds is 3. The number of ether oxygens (including phenoxy) is 2. The molecule has 1 unspecified atom stereocenters. The van der Waals surface area contributed by atoms with Gasteiger partial charge in [0.2, 0.25) is 0 Å². The second kappa shape index (κ2) is 5.19. The molecule has 1 N–H and O–H groups in total. The molecule has 1 fully saturated rings. The summed E-state index contributed by atoms with van der Waals surface area (Å²) in [6.45, 7) is 3.62. The molecule has 3 rings (SSSR count). The van der Waals surface area contributed by atoms with Gasteiger partial charge in [0, 0.05) is 0 Å². The molecule has 1 heterocycles. The summed E-state index contributed by atoms with van der Waals surface area (Å²) in [5.41, 5.74) is 2.32. The van der Waals surface area contributed by atoms with Gasteiger partial charge in [-0.25, -0.2) is 0 Å². The Kier molecular flexibility index (Phi) is 3.41. The van der Waals surface area contributed by atoms with Crippen molar-refractivity contribution < 1.29 is 9.47 Å². The first kappa shape index (κ1) is 11.8. The number of hydrogen-bond acceptors (Lipinski definition) is 3. The van der Waals surface area contributed by atoms with E-state index in [9.17, 15) is 0 Å². The maximum atomic E-state index is 5.99. The van der Waals surface area contributed by atoms with E-state index in [4.69, 9.17) is 9.47 Å². The van der Waals surface area contributed by atoms with Crippen molar-refractivity contribution in [2.24, 2.45) is 0 Å². The second-order valence-corrected chi connectivity index (χ2v) is 5.36. The Hall–Kier alpha value is -1.22. The fourth-order valence-corrected chi connectivity index (χ4v) is 2.71. The maximum absolute atomic E-state index is 5.99. The number of anilines is 1. The quantitative estimate of drug-likeness (QED) is 0.890. The fraction of sp³-hybridized carbons (Fsp3) is 0.600. The third-order valence-electron chi connectivity index (χ3n) is 3.77. The lowest BCUT2D eigenvalue weighted by Crippen LogP contribution is -2.35. The molecule has 18 heavy (non-hydrogen) atoms. The smallest absolute Gasteiger partial charge is 0.143 e. The van der Waals surface area contributed by atoms with Crippen LogP contribution in [0.2, 0.25) is 0 Å². The molecule has 1 saturated carbocycles. The normalized spacial score (nSPS) is 23.3. The molecule has 0 saturated heterocycles. The largest absolute Gasteiger partial charge is 0.484 e. The van der Waals surface area contributed by atoms with Crippen LogP contribution >= 0.6 is 0 Å². The van der Waals surface area contributed by atoms with Crippen LogP contribution < -0.4 is 10.1 Å². The molecule has 3 nitrogen and oxygen atoms in total. The number of fused-ring (bicyclic) bond motifs is 1. The molecular weight excluding hydrogens is 226 g/mol. The van der Waals surface area contributed by atoms with E-state index >= 15 is 0 Å². The van der Waals surface area contributed by atoms with Gasteiger partial charge in [0.05, 0.1) is 24.9 Å². The first-order chi connectivity index (χ1) is 8.81. The Morgan fingerprint density at radius 2 is 2.17 bits per heavy atom. The van der Waals surface area contributed by atoms with Gasteiger partial charge in [-0.05, 0) is 37.5 Å². The highest BCUT2D eigenvalue weighted by Gasteiger charge is 2.22. The number of hydrogen-bond donors (Lipinski definition) is 1. The van der Waals surface area contributed by atoms with E-state index in [-0.39, 0.29) is 6.10 Å². The van der Waals surface area contributed by atoms with Crippen LogP contribution in [-0.4, -0.2) is 25.4 Å². The highest BCUT2D eigenvalue weighted by molar-refractivity contribution is 5.59. The van der Waals surface area contributed by atoms with Crippen LogP contribution in [0.15, 0.2) is 18.2 Å². The van der Waals surface area contributed by atoms with E-state index in [1.807, 2.05) is 0 Å². The van der Waals surface area contributed by atoms with Crippen LogP contribution in [0.4, 0.5) is 5.69 Å². The van der Waals surface area contributed by atoms with Crippen LogP contribution in [-0.2, 0) is 4.74 Å². The predicted molar refractivity (Wildman–Crippen MR) is 72.3 cm³/mol.